The van der Waals surface area contributed by atoms with Crippen molar-refractivity contribution in [3.8, 4) is 17.4 Å². The fraction of sp³-hybridized carbons (Fsp3) is 0.368. The van der Waals surface area contributed by atoms with Crippen LogP contribution in [0.5, 0.6) is 17.4 Å². The summed E-state index contributed by atoms with van der Waals surface area (Å²) in [5.41, 5.74) is 0.975. The molecule has 0 amide bonds. The van der Waals surface area contributed by atoms with E-state index in [1.54, 1.807) is 13.2 Å². The molecule has 0 fully saturated rings. The second-order valence-corrected chi connectivity index (χ2v) is 5.70. The monoisotopic (exact) mass is 356 g/mol. The smallest absolute Gasteiger partial charge is 0.218 e. The predicted octanol–water partition coefficient (Wildman–Crippen LogP) is 1.99. The molecular weight excluding hydrogens is 332 g/mol. The Morgan fingerprint density at radius 2 is 2.08 bits per heavy atom. The van der Waals surface area contributed by atoms with Gasteiger partial charge in [-0.05, 0) is 25.1 Å². The fourth-order valence-corrected chi connectivity index (χ4v) is 2.60. The van der Waals surface area contributed by atoms with Crippen molar-refractivity contribution < 1.29 is 14.2 Å². The lowest BCUT2D eigenvalue weighted by atomic mass is 10.2. The van der Waals surface area contributed by atoms with Gasteiger partial charge in [0.15, 0.2) is 17.5 Å². The summed E-state index contributed by atoms with van der Waals surface area (Å²) in [6.07, 6.45) is 1.64. The summed E-state index contributed by atoms with van der Waals surface area (Å²) in [5, 5.41) is 6.53. The number of nitrogens with zero attached hydrogens (tertiary/aromatic N) is 2. The van der Waals surface area contributed by atoms with Crippen LogP contribution < -0.4 is 24.8 Å². The van der Waals surface area contributed by atoms with E-state index >= 15 is 0 Å². The Morgan fingerprint density at radius 1 is 1.23 bits per heavy atom. The van der Waals surface area contributed by atoms with Crippen molar-refractivity contribution in [1.82, 2.24) is 15.6 Å². The number of pyridine rings is 1. The molecule has 2 N–H and O–H groups in total. The lowest BCUT2D eigenvalue weighted by Gasteiger charge is -2.27. The first-order valence-corrected chi connectivity index (χ1v) is 8.70. The highest BCUT2D eigenvalue weighted by atomic mass is 16.6. The number of para-hydroxylation sites is 2. The Labute approximate surface area is 153 Å². The Hall–Kier alpha value is -2.96. The van der Waals surface area contributed by atoms with Gasteiger partial charge in [0.1, 0.15) is 12.7 Å². The lowest BCUT2D eigenvalue weighted by Crippen LogP contribution is -2.45. The maximum Gasteiger partial charge on any atom is 0.218 e. The van der Waals surface area contributed by atoms with E-state index in [4.69, 9.17) is 14.2 Å². The summed E-state index contributed by atoms with van der Waals surface area (Å²) in [5.74, 6) is 2.87. The number of hydrogen-bond donors (Lipinski definition) is 2. The second-order valence-electron chi connectivity index (χ2n) is 5.70. The lowest BCUT2D eigenvalue weighted by molar-refractivity contribution is 0.0936. The van der Waals surface area contributed by atoms with Crippen molar-refractivity contribution in [3.63, 3.8) is 0 Å². The van der Waals surface area contributed by atoms with Crippen LogP contribution in [0.2, 0.25) is 0 Å². The third-order valence-electron chi connectivity index (χ3n) is 3.87. The molecule has 1 unspecified atom stereocenters. The van der Waals surface area contributed by atoms with Crippen molar-refractivity contribution in [3.05, 3.63) is 48.2 Å². The third kappa shape index (κ3) is 4.56. The minimum atomic E-state index is -0.0826. The number of aliphatic imine (C=N–C) groups is 1. The van der Waals surface area contributed by atoms with Crippen molar-refractivity contribution in [1.29, 1.82) is 0 Å². The van der Waals surface area contributed by atoms with Crippen LogP contribution in [0.3, 0.4) is 0 Å². The molecule has 1 aliphatic rings. The molecule has 1 aromatic heterocycles. The number of benzene rings is 1. The molecule has 26 heavy (non-hydrogen) atoms. The van der Waals surface area contributed by atoms with Crippen LogP contribution in [-0.2, 0) is 6.54 Å². The zero-order valence-corrected chi connectivity index (χ0v) is 15.1. The number of fused-ring (bicyclic) bond motifs is 1. The Balaban J connectivity index is 1.50. The van der Waals surface area contributed by atoms with Gasteiger partial charge in [0, 0.05) is 25.4 Å². The molecule has 1 aromatic carbocycles. The minimum absolute atomic E-state index is 0.0826. The van der Waals surface area contributed by atoms with E-state index in [1.807, 2.05) is 43.3 Å². The summed E-state index contributed by atoms with van der Waals surface area (Å²) in [7, 11) is 1.73. The van der Waals surface area contributed by atoms with E-state index in [1.165, 1.54) is 0 Å². The van der Waals surface area contributed by atoms with Gasteiger partial charge in [-0.1, -0.05) is 18.2 Å². The fourth-order valence-electron chi connectivity index (χ4n) is 2.60. The maximum absolute atomic E-state index is 5.94. The Bertz CT molecular complexity index is 751. The first-order chi connectivity index (χ1) is 12.8. The molecule has 0 bridgehead atoms. The van der Waals surface area contributed by atoms with Gasteiger partial charge < -0.3 is 24.8 Å². The van der Waals surface area contributed by atoms with Crippen LogP contribution in [0.1, 0.15) is 12.5 Å². The highest BCUT2D eigenvalue weighted by molar-refractivity contribution is 5.79. The van der Waals surface area contributed by atoms with Crippen LogP contribution in [0.4, 0.5) is 0 Å². The highest BCUT2D eigenvalue weighted by Crippen LogP contribution is 2.30. The van der Waals surface area contributed by atoms with Gasteiger partial charge in [0.05, 0.1) is 13.2 Å². The SMILES string of the molecule is CCOc1ncccc1CNC(=NC)NCC1COc2ccccc2O1. The van der Waals surface area contributed by atoms with Gasteiger partial charge in [-0.25, -0.2) is 4.98 Å². The number of guanidine groups is 1. The first kappa shape index (κ1) is 17.8. The van der Waals surface area contributed by atoms with E-state index in [0.717, 1.165) is 17.1 Å². The molecule has 1 atom stereocenters. The summed E-state index contributed by atoms with van der Waals surface area (Å²) >= 11 is 0. The van der Waals surface area contributed by atoms with Gasteiger partial charge in [0.2, 0.25) is 5.88 Å². The number of ether oxygens (including phenoxy) is 3. The largest absolute Gasteiger partial charge is 0.486 e. The molecule has 0 aliphatic carbocycles. The summed E-state index contributed by atoms with van der Waals surface area (Å²) in [4.78, 5) is 8.50. The maximum atomic E-state index is 5.94. The normalized spacial score (nSPS) is 16.1. The van der Waals surface area contributed by atoms with Crippen LogP contribution in [0.15, 0.2) is 47.6 Å². The summed E-state index contributed by atoms with van der Waals surface area (Å²) in [6.45, 7) is 4.17. The Morgan fingerprint density at radius 3 is 2.88 bits per heavy atom. The zero-order valence-electron chi connectivity index (χ0n) is 15.1. The van der Waals surface area contributed by atoms with E-state index in [9.17, 15) is 0 Å². The molecular formula is C19H24N4O3. The van der Waals surface area contributed by atoms with Crippen LogP contribution in [-0.4, -0.2) is 43.9 Å². The van der Waals surface area contributed by atoms with Gasteiger partial charge in [-0.2, -0.15) is 0 Å². The minimum Gasteiger partial charge on any atom is -0.486 e. The number of rotatable bonds is 6. The molecule has 0 spiro atoms. The van der Waals surface area contributed by atoms with Crippen molar-refractivity contribution >= 4 is 5.96 Å². The number of nitrogens with one attached hydrogen (secondary N) is 2. The third-order valence-corrected chi connectivity index (χ3v) is 3.87. The first-order valence-electron chi connectivity index (χ1n) is 8.70. The molecule has 7 nitrogen and oxygen atoms in total. The molecule has 0 radical (unpaired) electrons. The highest BCUT2D eigenvalue weighted by Gasteiger charge is 2.20. The quantitative estimate of drug-likeness (QED) is 0.609. The standard InChI is InChI=1S/C19H24N4O3/c1-3-24-18-14(7-6-10-21-18)11-22-19(20-2)23-12-15-13-25-16-8-4-5-9-17(16)26-15/h4-10,15H,3,11-13H2,1-2H3,(H2,20,22,23). The van der Waals surface area contributed by atoms with Gasteiger partial charge in [-0.15, -0.1) is 0 Å². The van der Waals surface area contributed by atoms with E-state index in [2.05, 4.69) is 20.6 Å². The topological polar surface area (TPSA) is 77.0 Å². The van der Waals surface area contributed by atoms with Gasteiger partial charge in [-0.3, -0.25) is 4.99 Å². The number of hydrogen-bond acceptors (Lipinski definition) is 5. The van der Waals surface area contributed by atoms with Crippen molar-refractivity contribution in [2.45, 2.75) is 19.6 Å². The van der Waals surface area contributed by atoms with E-state index in [0.29, 0.717) is 38.1 Å². The Kier molecular flexibility index (Phi) is 6.14. The molecule has 0 saturated heterocycles. The molecule has 2 aromatic rings. The molecule has 138 valence electrons. The molecule has 7 heteroatoms. The van der Waals surface area contributed by atoms with Crippen molar-refractivity contribution in [2.75, 3.05) is 26.8 Å². The molecule has 3 rings (SSSR count). The van der Waals surface area contributed by atoms with E-state index < -0.39 is 0 Å². The zero-order chi connectivity index (χ0) is 18.2. The second kappa shape index (κ2) is 8.94. The summed E-state index contributed by atoms with van der Waals surface area (Å²) in [6, 6.07) is 11.5. The van der Waals surface area contributed by atoms with Crippen LogP contribution in [0.25, 0.3) is 0 Å². The molecule has 0 saturated carbocycles. The predicted molar refractivity (Wildman–Crippen MR) is 100.0 cm³/mol. The van der Waals surface area contributed by atoms with E-state index in [-0.39, 0.29) is 6.10 Å². The molecule has 1 aliphatic heterocycles. The average molecular weight is 356 g/mol. The average Bonchev–Trinajstić information content (AvgIpc) is 2.69. The number of aromatic nitrogens is 1. The molecule has 2 heterocycles. The van der Waals surface area contributed by atoms with Gasteiger partial charge >= 0.3 is 0 Å². The van der Waals surface area contributed by atoms with Gasteiger partial charge in [0.25, 0.3) is 0 Å². The van der Waals surface area contributed by atoms with Crippen LogP contribution >= 0.6 is 0 Å². The summed E-state index contributed by atoms with van der Waals surface area (Å²) < 4.78 is 17.2. The van der Waals surface area contributed by atoms with Crippen LogP contribution in [0, 0.1) is 0 Å². The van der Waals surface area contributed by atoms with Crippen molar-refractivity contribution in [2.24, 2.45) is 4.99 Å².